The molecule has 5 N–H and O–H groups in total. The molecule has 0 unspecified atom stereocenters. The number of rotatable bonds is 11. The maximum atomic E-state index is 12.4. The molecule has 10 rings (SSSR count). The third kappa shape index (κ3) is 11.3. The van der Waals surface area contributed by atoms with Crippen molar-refractivity contribution >= 4 is 5.97 Å². The van der Waals surface area contributed by atoms with Crippen molar-refractivity contribution in [3.8, 4) is 0 Å². The standard InChI is InChI=1S/C59H92O16/c1-30(18-31(2)28-60)19-42-33(4)21-48-56(7,74-42)27-46-54(71-48)55(65)59(10)50(69-46)26-45-53(75-59)32(3)12-11-13-40-39(67-45)16-17-47-57(8,72-40)29-58(9)49(70-47)25-44-41(73-58)15-14-38(62)43(68-44)24-36(61)23-37-20-34(5)52(66-37)35(6)22-51(63)64/h11-12,18,31-32,34-50,52-55,60-62,65H,4,13-17,19-29H2,1-3,5-10H3,(H,63,64)/b12-11-,30-18+/t31-,32+,34-,35+,36+,37+,38-,39+,40-,41+,42-,43+,44-,45-,46-,47-,48-,49+,50+,52+,53+,54-,55+,56+,57+,58-,59+/m1/s1. The van der Waals surface area contributed by atoms with E-state index in [1.54, 1.807) is 0 Å². The highest BCUT2D eigenvalue weighted by molar-refractivity contribution is 5.67. The van der Waals surface area contributed by atoms with Crippen molar-refractivity contribution in [2.75, 3.05) is 6.61 Å². The molecule has 0 amide bonds. The summed E-state index contributed by atoms with van der Waals surface area (Å²) in [6, 6.07) is 0. The number of hydrogen-bond donors (Lipinski definition) is 5. The van der Waals surface area contributed by atoms with E-state index in [1.165, 1.54) is 0 Å². The number of carboxylic acids is 1. The normalized spacial score (nSPS) is 51.6. The zero-order chi connectivity index (χ0) is 53.5. The van der Waals surface area contributed by atoms with Crippen molar-refractivity contribution in [3.05, 3.63) is 36.0 Å². The molecule has 27 atom stereocenters. The summed E-state index contributed by atoms with van der Waals surface area (Å²) >= 11 is 0. The van der Waals surface area contributed by atoms with Gasteiger partial charge in [0.2, 0.25) is 0 Å². The molecule has 10 aliphatic heterocycles. The zero-order valence-electron chi connectivity index (χ0n) is 46.3. The summed E-state index contributed by atoms with van der Waals surface area (Å²) in [6.07, 6.45) is 6.94. The van der Waals surface area contributed by atoms with Crippen LogP contribution in [0.2, 0.25) is 0 Å². The summed E-state index contributed by atoms with van der Waals surface area (Å²) in [5.41, 5.74) is -0.952. The lowest BCUT2D eigenvalue weighted by Crippen LogP contribution is -2.74. The van der Waals surface area contributed by atoms with Gasteiger partial charge in [-0.15, -0.1) is 0 Å². The lowest BCUT2D eigenvalue weighted by atomic mass is 9.72. The quantitative estimate of drug-likeness (QED) is 0.134. The van der Waals surface area contributed by atoms with Crippen molar-refractivity contribution in [3.63, 3.8) is 0 Å². The number of fused-ring (bicyclic) bond motifs is 8. The van der Waals surface area contributed by atoms with Crippen LogP contribution in [0, 0.1) is 23.7 Å². The van der Waals surface area contributed by atoms with Gasteiger partial charge in [-0.2, -0.15) is 0 Å². The van der Waals surface area contributed by atoms with Gasteiger partial charge in [-0.25, -0.2) is 0 Å². The number of aliphatic hydroxyl groups excluding tert-OH is 4. The van der Waals surface area contributed by atoms with Crippen LogP contribution in [0.1, 0.15) is 159 Å². The third-order valence-electron chi connectivity index (χ3n) is 19.8. The maximum Gasteiger partial charge on any atom is 0.303 e. The fourth-order valence-electron chi connectivity index (χ4n) is 15.8. The average molecular weight is 1060 g/mol. The predicted molar refractivity (Wildman–Crippen MR) is 276 cm³/mol. The van der Waals surface area contributed by atoms with E-state index < -0.39 is 71.1 Å². The SMILES string of the molecule is C=C1C[C@H]2O[C@@H]3[C@@H](C[C@]2(C)O[C@@H]1C/C(C)=C/[C@@H](C)CO)O[C@H]1C[C@H]2O[C@H]4CC[C@H]5O[C@H]6C[C@H]7O[C@@H](C[C@@H](O)C[C@@H]8C[C@@H](C)[C@@H]([C@@H](C)CC(=O)O)O8)[C@H](O)CC[C@@H]7O[C@]6(C)C[C@]5(C)O[C@@H]4C/C=C\[C@H](C)[C@@H]2O[C@]1(C)[C@H]3O. The van der Waals surface area contributed by atoms with Crippen molar-refractivity contribution in [1.29, 1.82) is 0 Å². The van der Waals surface area contributed by atoms with Crippen LogP contribution in [0.3, 0.4) is 0 Å². The second kappa shape index (κ2) is 21.9. The number of hydrogen-bond acceptors (Lipinski definition) is 15. The zero-order valence-corrected chi connectivity index (χ0v) is 46.3. The molecule has 0 spiro atoms. The molecule has 0 saturated carbocycles. The third-order valence-corrected chi connectivity index (χ3v) is 19.8. The van der Waals surface area contributed by atoms with Gasteiger partial charge >= 0.3 is 5.97 Å². The van der Waals surface area contributed by atoms with Crippen molar-refractivity contribution in [1.82, 2.24) is 0 Å². The minimum Gasteiger partial charge on any atom is -0.481 e. The van der Waals surface area contributed by atoms with Crippen LogP contribution < -0.4 is 0 Å². The first-order valence-electron chi connectivity index (χ1n) is 29.0. The Hall–Kier alpha value is -1.87. The highest BCUT2D eigenvalue weighted by atomic mass is 16.6. The van der Waals surface area contributed by atoms with E-state index >= 15 is 0 Å². The number of ether oxygens (including phenoxy) is 10. The minimum atomic E-state index is -1.05. The van der Waals surface area contributed by atoms with Crippen LogP contribution >= 0.6 is 0 Å². The van der Waals surface area contributed by atoms with E-state index in [-0.39, 0.29) is 116 Å². The highest BCUT2D eigenvalue weighted by Gasteiger charge is 2.65. The first-order chi connectivity index (χ1) is 35.5. The van der Waals surface area contributed by atoms with E-state index in [2.05, 4.69) is 66.3 Å². The first kappa shape index (κ1) is 56.4. The number of aliphatic hydroxyl groups is 4. The predicted octanol–water partition coefficient (Wildman–Crippen LogP) is 6.84. The van der Waals surface area contributed by atoms with Crippen LogP contribution in [0.4, 0.5) is 0 Å². The van der Waals surface area contributed by atoms with Crippen LogP contribution in [-0.4, -0.2) is 176 Å². The topological polar surface area (TPSA) is 211 Å². The highest BCUT2D eigenvalue weighted by Crippen LogP contribution is 2.54. The van der Waals surface area contributed by atoms with Gasteiger partial charge in [0.05, 0.1) is 127 Å². The summed E-state index contributed by atoms with van der Waals surface area (Å²) in [5.74, 6) is -0.742. The summed E-state index contributed by atoms with van der Waals surface area (Å²) in [4.78, 5) is 11.4. The molecule has 10 heterocycles. The lowest BCUT2D eigenvalue weighted by molar-refractivity contribution is -0.369. The summed E-state index contributed by atoms with van der Waals surface area (Å²) < 4.78 is 69.8. The van der Waals surface area contributed by atoms with Gasteiger partial charge < -0.3 is 72.9 Å². The van der Waals surface area contributed by atoms with E-state index in [0.29, 0.717) is 77.0 Å². The lowest BCUT2D eigenvalue weighted by Gasteiger charge is -2.61. The van der Waals surface area contributed by atoms with Crippen LogP contribution in [0.5, 0.6) is 0 Å². The Balaban J connectivity index is 0.787. The molecule has 9 saturated heterocycles. The molecule has 0 aromatic carbocycles. The van der Waals surface area contributed by atoms with Gasteiger partial charge in [0.25, 0.3) is 0 Å². The van der Waals surface area contributed by atoms with Crippen molar-refractivity contribution in [2.45, 2.75) is 297 Å². The van der Waals surface area contributed by atoms with E-state index in [1.807, 2.05) is 20.8 Å². The van der Waals surface area contributed by atoms with Gasteiger partial charge in [-0.3, -0.25) is 4.79 Å². The van der Waals surface area contributed by atoms with Gasteiger partial charge in [-0.05, 0) is 116 Å². The number of carboxylic acid groups (broad SMARTS) is 1. The molecular weight excluding hydrogens is 965 g/mol. The number of aliphatic carboxylic acids is 1. The van der Waals surface area contributed by atoms with Gasteiger partial charge in [0, 0.05) is 44.6 Å². The molecule has 10 aliphatic rings. The molecular formula is C59H92O16. The second-order valence-corrected chi connectivity index (χ2v) is 26.3. The molecule has 0 bridgehead atoms. The number of carbonyl (C=O) groups is 1. The van der Waals surface area contributed by atoms with E-state index in [4.69, 9.17) is 47.4 Å². The van der Waals surface area contributed by atoms with Crippen molar-refractivity contribution in [2.24, 2.45) is 23.7 Å². The molecule has 9 fully saturated rings. The molecule has 0 aliphatic carbocycles. The Morgan fingerprint density at radius 2 is 1.51 bits per heavy atom. The Bertz CT molecular complexity index is 2100. The van der Waals surface area contributed by atoms with Crippen LogP contribution in [-0.2, 0) is 52.2 Å². The van der Waals surface area contributed by atoms with Gasteiger partial charge in [0.15, 0.2) is 0 Å². The van der Waals surface area contributed by atoms with E-state index in [0.717, 1.165) is 17.6 Å². The largest absolute Gasteiger partial charge is 0.481 e. The second-order valence-electron chi connectivity index (χ2n) is 26.3. The van der Waals surface area contributed by atoms with Crippen LogP contribution in [0.15, 0.2) is 36.0 Å². The molecule has 16 heteroatoms. The Morgan fingerprint density at radius 3 is 2.27 bits per heavy atom. The Morgan fingerprint density at radius 1 is 0.773 bits per heavy atom. The fourth-order valence-corrected chi connectivity index (χ4v) is 15.8. The average Bonchev–Trinajstić information content (AvgIpc) is 3.59. The minimum absolute atomic E-state index is 0.0214. The molecule has 16 nitrogen and oxygen atoms in total. The smallest absolute Gasteiger partial charge is 0.303 e. The molecule has 0 aromatic rings. The summed E-state index contributed by atoms with van der Waals surface area (Å²) in [7, 11) is 0. The van der Waals surface area contributed by atoms with Crippen molar-refractivity contribution < 1.29 is 77.7 Å². The summed E-state index contributed by atoms with van der Waals surface area (Å²) in [6.45, 7) is 23.1. The first-order valence-corrected chi connectivity index (χ1v) is 29.0. The molecule has 0 radical (unpaired) electrons. The fraction of sp³-hybridized carbons (Fsp3) is 0.881. The Kier molecular flexibility index (Phi) is 16.5. The Labute approximate surface area is 445 Å². The van der Waals surface area contributed by atoms with E-state index in [9.17, 15) is 30.3 Å². The van der Waals surface area contributed by atoms with Crippen LogP contribution in [0.25, 0.3) is 0 Å². The summed E-state index contributed by atoms with van der Waals surface area (Å²) in [5, 5.41) is 54.2. The molecule has 424 valence electrons. The van der Waals surface area contributed by atoms with Gasteiger partial charge in [-0.1, -0.05) is 58.1 Å². The maximum absolute atomic E-state index is 12.4. The monoisotopic (exact) mass is 1060 g/mol. The molecule has 0 aromatic heterocycles. The molecule has 75 heavy (non-hydrogen) atoms. The van der Waals surface area contributed by atoms with Gasteiger partial charge in [0.1, 0.15) is 17.8 Å².